The molecule has 0 unspecified atom stereocenters. The molecule has 2 aromatic heterocycles. The van der Waals surface area contributed by atoms with Gasteiger partial charge in [0.15, 0.2) is 0 Å². The molecule has 3 aromatic rings. The minimum absolute atomic E-state index is 0.160. The lowest BCUT2D eigenvalue weighted by Gasteiger charge is -1.96. The van der Waals surface area contributed by atoms with Crippen molar-refractivity contribution in [3.8, 4) is 11.3 Å². The van der Waals surface area contributed by atoms with Crippen LogP contribution < -0.4 is 0 Å². The van der Waals surface area contributed by atoms with Crippen LogP contribution in [0.1, 0.15) is 16.1 Å². The quantitative estimate of drug-likeness (QED) is 0.724. The van der Waals surface area contributed by atoms with Gasteiger partial charge in [-0.2, -0.15) is 0 Å². The number of aromatic amines is 1. The maximum absolute atomic E-state index is 10.8. The van der Waals surface area contributed by atoms with Crippen LogP contribution in [0, 0.1) is 6.92 Å². The third-order valence-corrected chi connectivity index (χ3v) is 2.92. The third kappa shape index (κ3) is 1.48. The van der Waals surface area contributed by atoms with E-state index in [0.29, 0.717) is 5.69 Å². The summed E-state index contributed by atoms with van der Waals surface area (Å²) in [5, 5.41) is 13.6. The predicted molar refractivity (Wildman–Crippen MR) is 65.5 cm³/mol. The first-order chi connectivity index (χ1) is 8.66. The van der Waals surface area contributed by atoms with Crippen LogP contribution >= 0.6 is 0 Å². The summed E-state index contributed by atoms with van der Waals surface area (Å²) in [4.78, 5) is 13.9. The van der Waals surface area contributed by atoms with E-state index in [-0.39, 0.29) is 5.76 Å². The molecule has 90 valence electrons. The number of carboxylic acids is 1. The van der Waals surface area contributed by atoms with Gasteiger partial charge in [0.25, 0.3) is 0 Å². The van der Waals surface area contributed by atoms with Crippen molar-refractivity contribution in [3.63, 3.8) is 0 Å². The molecule has 0 aliphatic rings. The van der Waals surface area contributed by atoms with Gasteiger partial charge in [-0.15, -0.1) is 0 Å². The van der Waals surface area contributed by atoms with Crippen LogP contribution in [0.2, 0.25) is 0 Å². The number of nitrogens with zero attached hydrogens (tertiary/aromatic N) is 1. The van der Waals surface area contributed by atoms with Crippen LogP contribution in [-0.4, -0.2) is 21.2 Å². The second-order valence-electron chi connectivity index (χ2n) is 4.08. The lowest BCUT2D eigenvalue weighted by molar-refractivity contribution is 0.0652. The van der Waals surface area contributed by atoms with Crippen molar-refractivity contribution in [1.29, 1.82) is 0 Å². The minimum atomic E-state index is -1.12. The molecule has 0 aliphatic carbocycles. The van der Waals surface area contributed by atoms with Crippen molar-refractivity contribution in [1.82, 2.24) is 10.1 Å². The molecule has 1 aromatic carbocycles. The zero-order valence-electron chi connectivity index (χ0n) is 9.60. The molecule has 2 N–H and O–H groups in total. The van der Waals surface area contributed by atoms with E-state index in [0.717, 1.165) is 22.0 Å². The highest BCUT2D eigenvalue weighted by molar-refractivity contribution is 5.97. The number of aromatic carboxylic acids is 1. The van der Waals surface area contributed by atoms with Gasteiger partial charge in [0.05, 0.1) is 0 Å². The van der Waals surface area contributed by atoms with Crippen LogP contribution in [-0.2, 0) is 0 Å². The Balaban J connectivity index is 2.19. The van der Waals surface area contributed by atoms with E-state index in [2.05, 4.69) is 10.1 Å². The minimum Gasteiger partial charge on any atom is -0.475 e. The van der Waals surface area contributed by atoms with Gasteiger partial charge < -0.3 is 14.6 Å². The number of fused-ring (bicyclic) bond motifs is 1. The van der Waals surface area contributed by atoms with E-state index in [4.69, 9.17) is 9.63 Å². The Bertz CT molecular complexity index is 740. The summed E-state index contributed by atoms with van der Waals surface area (Å²) in [5.74, 6) is -1.28. The first kappa shape index (κ1) is 10.6. The van der Waals surface area contributed by atoms with Gasteiger partial charge in [-0.1, -0.05) is 23.4 Å². The van der Waals surface area contributed by atoms with E-state index in [1.807, 2.05) is 25.1 Å². The Kier molecular flexibility index (Phi) is 2.19. The van der Waals surface area contributed by atoms with Crippen molar-refractivity contribution >= 4 is 16.9 Å². The van der Waals surface area contributed by atoms with E-state index < -0.39 is 5.97 Å². The van der Waals surface area contributed by atoms with Crippen LogP contribution in [0.5, 0.6) is 0 Å². The molecule has 0 saturated carbocycles. The summed E-state index contributed by atoms with van der Waals surface area (Å²) in [6.45, 7) is 2.01. The number of rotatable bonds is 2. The fourth-order valence-corrected chi connectivity index (χ4v) is 2.02. The Morgan fingerprint density at radius 1 is 1.44 bits per heavy atom. The highest BCUT2D eigenvalue weighted by Crippen LogP contribution is 2.29. The van der Waals surface area contributed by atoms with Gasteiger partial charge in [0.2, 0.25) is 5.76 Å². The van der Waals surface area contributed by atoms with Crippen molar-refractivity contribution in [3.05, 3.63) is 41.8 Å². The van der Waals surface area contributed by atoms with Crippen LogP contribution in [0.15, 0.2) is 35.0 Å². The van der Waals surface area contributed by atoms with Crippen LogP contribution in [0.4, 0.5) is 0 Å². The van der Waals surface area contributed by atoms with Gasteiger partial charge in [-0.05, 0) is 12.5 Å². The maximum atomic E-state index is 10.8. The number of carbonyl (C=O) groups is 1. The molecule has 0 aliphatic heterocycles. The fraction of sp³-hybridized carbons (Fsp3) is 0.0769. The largest absolute Gasteiger partial charge is 0.475 e. The standard InChI is InChI=1S/C13H10N2O3/c1-7-3-2-4-8-9(6-14-12(7)8)10-5-11(13(16)17)18-15-10/h2-6,14H,1H3,(H,16,17). The number of aryl methyl sites for hydroxylation is 1. The molecule has 0 saturated heterocycles. The monoisotopic (exact) mass is 242 g/mol. The Labute approximate surface area is 102 Å². The Morgan fingerprint density at radius 2 is 2.28 bits per heavy atom. The molecule has 18 heavy (non-hydrogen) atoms. The summed E-state index contributed by atoms with van der Waals surface area (Å²) < 4.78 is 4.77. The first-order valence-electron chi connectivity index (χ1n) is 5.44. The number of nitrogens with one attached hydrogen (secondary N) is 1. The second kappa shape index (κ2) is 3.73. The van der Waals surface area contributed by atoms with Crippen molar-refractivity contribution in [2.45, 2.75) is 6.92 Å². The summed E-state index contributed by atoms with van der Waals surface area (Å²) in [6, 6.07) is 7.35. The van der Waals surface area contributed by atoms with Crippen molar-refractivity contribution in [2.75, 3.05) is 0 Å². The molecule has 3 rings (SSSR count). The summed E-state index contributed by atoms with van der Waals surface area (Å²) in [7, 11) is 0. The van der Waals surface area contributed by atoms with Gasteiger partial charge in [0.1, 0.15) is 5.69 Å². The average Bonchev–Trinajstić information content (AvgIpc) is 2.94. The number of H-pyrrole nitrogens is 1. The smallest absolute Gasteiger partial charge is 0.374 e. The molecule has 0 atom stereocenters. The van der Waals surface area contributed by atoms with Gasteiger partial charge in [-0.3, -0.25) is 0 Å². The molecule has 0 bridgehead atoms. The molecule has 5 heteroatoms. The normalized spacial score (nSPS) is 10.9. The topological polar surface area (TPSA) is 79.1 Å². The SMILES string of the molecule is Cc1cccc2c(-c3cc(C(=O)O)on3)c[nH]c12. The van der Waals surface area contributed by atoms with Gasteiger partial charge in [0, 0.05) is 28.7 Å². The number of hydrogen-bond acceptors (Lipinski definition) is 3. The van der Waals surface area contributed by atoms with E-state index >= 15 is 0 Å². The van der Waals surface area contributed by atoms with E-state index in [9.17, 15) is 4.79 Å². The third-order valence-electron chi connectivity index (χ3n) is 2.92. The van der Waals surface area contributed by atoms with Crippen molar-refractivity contribution in [2.24, 2.45) is 0 Å². The van der Waals surface area contributed by atoms with Crippen molar-refractivity contribution < 1.29 is 14.4 Å². The maximum Gasteiger partial charge on any atom is 0.374 e. The molecule has 0 radical (unpaired) electrons. The zero-order chi connectivity index (χ0) is 12.7. The number of carboxylic acid groups (broad SMARTS) is 1. The summed E-state index contributed by atoms with van der Waals surface area (Å²) in [5.41, 5.74) is 3.50. The molecule has 0 amide bonds. The molecule has 0 spiro atoms. The fourth-order valence-electron chi connectivity index (χ4n) is 2.02. The molecular weight excluding hydrogens is 232 g/mol. The van der Waals surface area contributed by atoms with Crippen LogP contribution in [0.25, 0.3) is 22.2 Å². The highest BCUT2D eigenvalue weighted by atomic mass is 16.5. The second-order valence-corrected chi connectivity index (χ2v) is 4.08. The van der Waals surface area contributed by atoms with E-state index in [1.165, 1.54) is 6.07 Å². The molecule has 5 nitrogen and oxygen atoms in total. The number of hydrogen-bond donors (Lipinski definition) is 2. The lowest BCUT2D eigenvalue weighted by Crippen LogP contribution is -1.91. The molecular formula is C13H10N2O3. The molecule has 2 heterocycles. The van der Waals surface area contributed by atoms with E-state index in [1.54, 1.807) is 6.20 Å². The summed E-state index contributed by atoms with van der Waals surface area (Å²) in [6.07, 6.45) is 1.81. The van der Waals surface area contributed by atoms with Gasteiger partial charge in [-0.25, -0.2) is 4.79 Å². The summed E-state index contributed by atoms with van der Waals surface area (Å²) >= 11 is 0. The van der Waals surface area contributed by atoms with Crippen LogP contribution in [0.3, 0.4) is 0 Å². The lowest BCUT2D eigenvalue weighted by atomic mass is 10.1. The number of benzene rings is 1. The van der Waals surface area contributed by atoms with Gasteiger partial charge >= 0.3 is 5.97 Å². The molecule has 0 fully saturated rings. The average molecular weight is 242 g/mol. The first-order valence-corrected chi connectivity index (χ1v) is 5.44. The Morgan fingerprint density at radius 3 is 3.00 bits per heavy atom. The zero-order valence-corrected chi connectivity index (χ0v) is 9.60. The predicted octanol–water partition coefficient (Wildman–Crippen LogP) is 2.83. The Hall–Kier alpha value is -2.56. The highest BCUT2D eigenvalue weighted by Gasteiger charge is 2.15. The number of para-hydroxylation sites is 1. The number of aromatic nitrogens is 2.